The van der Waals surface area contributed by atoms with Crippen molar-refractivity contribution in [1.29, 1.82) is 0 Å². The number of hydrogen-bond donors (Lipinski definition) is 0. The Morgan fingerprint density at radius 3 is 2.60 bits per heavy atom. The number of hydrogen-bond acceptors (Lipinski definition) is 7. The van der Waals surface area contributed by atoms with Crippen molar-refractivity contribution in [2.75, 3.05) is 6.61 Å². The number of thiazole rings is 1. The zero-order valence-corrected chi connectivity index (χ0v) is 24.6. The molecule has 1 atom stereocenters. The maximum absolute atomic E-state index is 13.8. The van der Waals surface area contributed by atoms with Gasteiger partial charge in [0.15, 0.2) is 4.80 Å². The third-order valence-corrected chi connectivity index (χ3v) is 8.01. The quantitative estimate of drug-likeness (QED) is 0.239. The molecule has 5 rings (SSSR count). The molecule has 40 heavy (non-hydrogen) atoms. The summed E-state index contributed by atoms with van der Waals surface area (Å²) in [4.78, 5) is 32.2. The summed E-state index contributed by atoms with van der Waals surface area (Å²) in [5.41, 5.74) is 1.89. The van der Waals surface area contributed by atoms with Crippen LogP contribution in [0, 0.1) is 0 Å². The van der Waals surface area contributed by atoms with Crippen LogP contribution in [-0.2, 0) is 9.53 Å². The number of fused-ring (bicyclic) bond motifs is 1. The summed E-state index contributed by atoms with van der Waals surface area (Å²) in [7, 11) is 0. The van der Waals surface area contributed by atoms with Gasteiger partial charge >= 0.3 is 5.97 Å². The van der Waals surface area contributed by atoms with Crippen LogP contribution in [0.25, 0.3) is 17.4 Å². The van der Waals surface area contributed by atoms with E-state index >= 15 is 0 Å². The SMILES string of the molecule is CCOc1ccc([C@@H]2C(C(=O)OC(C)C)=C(C)N=c3s/c(=C/c4ccc(-c5cccc(Cl)c5Cl)o4)c(=O)n32)cc1. The summed E-state index contributed by atoms with van der Waals surface area (Å²) in [5.74, 6) is 1.16. The Balaban J connectivity index is 1.62. The van der Waals surface area contributed by atoms with E-state index in [0.717, 1.165) is 5.56 Å². The van der Waals surface area contributed by atoms with Crippen LogP contribution in [0.3, 0.4) is 0 Å². The third-order valence-electron chi connectivity index (χ3n) is 6.21. The van der Waals surface area contributed by atoms with Crippen LogP contribution < -0.4 is 19.6 Å². The number of esters is 1. The molecule has 10 heteroatoms. The first-order valence-corrected chi connectivity index (χ1v) is 14.3. The number of rotatable bonds is 7. The minimum Gasteiger partial charge on any atom is -0.494 e. The Kier molecular flexibility index (Phi) is 8.03. The first-order chi connectivity index (χ1) is 19.2. The molecule has 0 fully saturated rings. The molecule has 2 aromatic heterocycles. The van der Waals surface area contributed by atoms with Gasteiger partial charge in [-0.1, -0.05) is 52.7 Å². The standard InChI is InChI=1S/C30H26Cl2N2O5S/c1-5-37-19-11-9-18(10-12-19)27-25(29(36)38-16(2)3)17(4)33-30-34(27)28(35)24(40-30)15-20-13-14-23(39-20)21-7-6-8-22(31)26(21)32/h6-16,27H,5H2,1-4H3/b24-15+/t27-/m1/s1. The lowest BCUT2D eigenvalue weighted by Crippen LogP contribution is -2.40. The third kappa shape index (κ3) is 5.39. The maximum atomic E-state index is 13.8. The van der Waals surface area contributed by atoms with Crippen molar-refractivity contribution >= 4 is 46.6 Å². The Labute approximate surface area is 244 Å². The van der Waals surface area contributed by atoms with Crippen LogP contribution in [0.1, 0.15) is 45.1 Å². The molecule has 3 heterocycles. The zero-order chi connectivity index (χ0) is 28.6. The highest BCUT2D eigenvalue weighted by atomic mass is 35.5. The van der Waals surface area contributed by atoms with Gasteiger partial charge in [0.1, 0.15) is 17.3 Å². The van der Waals surface area contributed by atoms with Crippen LogP contribution in [0.4, 0.5) is 0 Å². The molecular weight excluding hydrogens is 571 g/mol. The van der Waals surface area contributed by atoms with E-state index < -0.39 is 12.0 Å². The van der Waals surface area contributed by atoms with E-state index in [1.54, 1.807) is 51.1 Å². The van der Waals surface area contributed by atoms with Crippen molar-refractivity contribution in [3.05, 3.63) is 107 Å². The minimum atomic E-state index is -0.724. The average Bonchev–Trinajstić information content (AvgIpc) is 3.49. The summed E-state index contributed by atoms with van der Waals surface area (Å²) in [6.45, 7) is 7.75. The Bertz CT molecular complexity index is 1800. The van der Waals surface area contributed by atoms with E-state index in [4.69, 9.17) is 37.1 Å². The van der Waals surface area contributed by atoms with Gasteiger partial charge < -0.3 is 13.9 Å². The van der Waals surface area contributed by atoms with E-state index in [2.05, 4.69) is 4.99 Å². The highest BCUT2D eigenvalue weighted by Crippen LogP contribution is 2.35. The van der Waals surface area contributed by atoms with Crippen LogP contribution >= 0.6 is 34.5 Å². The zero-order valence-electron chi connectivity index (χ0n) is 22.2. The Hall–Kier alpha value is -3.59. The van der Waals surface area contributed by atoms with Crippen molar-refractivity contribution in [3.8, 4) is 17.1 Å². The number of furan rings is 1. The number of carbonyl (C=O) groups is 1. The summed E-state index contributed by atoms with van der Waals surface area (Å²) < 4.78 is 19.1. The summed E-state index contributed by atoms with van der Waals surface area (Å²) in [6, 6.07) is 15.4. The van der Waals surface area contributed by atoms with E-state index in [1.165, 1.54) is 15.9 Å². The van der Waals surface area contributed by atoms with E-state index in [9.17, 15) is 9.59 Å². The molecule has 0 unspecified atom stereocenters. The molecule has 0 saturated heterocycles. The molecule has 0 bridgehead atoms. The second kappa shape index (κ2) is 11.5. The van der Waals surface area contributed by atoms with E-state index in [-0.39, 0.29) is 11.7 Å². The molecule has 2 aromatic carbocycles. The van der Waals surface area contributed by atoms with Gasteiger partial charge in [0, 0.05) is 11.6 Å². The average molecular weight is 598 g/mol. The summed E-state index contributed by atoms with van der Waals surface area (Å²) >= 11 is 13.7. The smallest absolute Gasteiger partial charge is 0.338 e. The van der Waals surface area contributed by atoms with Crippen molar-refractivity contribution in [1.82, 2.24) is 4.57 Å². The number of halogens is 2. The number of benzene rings is 2. The van der Waals surface area contributed by atoms with Crippen molar-refractivity contribution in [3.63, 3.8) is 0 Å². The minimum absolute atomic E-state index is 0.302. The van der Waals surface area contributed by atoms with Crippen molar-refractivity contribution in [2.45, 2.75) is 39.8 Å². The largest absolute Gasteiger partial charge is 0.494 e. The first kappa shape index (κ1) is 28.0. The van der Waals surface area contributed by atoms with Crippen LogP contribution in [-0.4, -0.2) is 23.2 Å². The fraction of sp³-hybridized carbons (Fsp3) is 0.233. The van der Waals surface area contributed by atoms with Gasteiger partial charge in [-0.25, -0.2) is 9.79 Å². The monoisotopic (exact) mass is 596 g/mol. The molecule has 0 aliphatic carbocycles. The lowest BCUT2D eigenvalue weighted by Gasteiger charge is -2.25. The molecule has 0 amide bonds. The van der Waals surface area contributed by atoms with Crippen molar-refractivity contribution in [2.24, 2.45) is 4.99 Å². The summed E-state index contributed by atoms with van der Waals surface area (Å²) in [6.07, 6.45) is 1.33. The van der Waals surface area contributed by atoms with Crippen molar-refractivity contribution < 1.29 is 18.7 Å². The molecular formula is C30H26Cl2N2O5S. The molecule has 1 aliphatic heterocycles. The fourth-order valence-corrected chi connectivity index (χ4v) is 5.91. The summed E-state index contributed by atoms with van der Waals surface area (Å²) in [5, 5.41) is 0.804. The topological polar surface area (TPSA) is 83.0 Å². The maximum Gasteiger partial charge on any atom is 0.338 e. The van der Waals surface area contributed by atoms with Crippen LogP contribution in [0.5, 0.6) is 5.75 Å². The molecule has 0 N–H and O–H groups in total. The van der Waals surface area contributed by atoms with Gasteiger partial charge in [0.2, 0.25) is 0 Å². The Morgan fingerprint density at radius 2 is 1.90 bits per heavy atom. The van der Waals surface area contributed by atoms with Gasteiger partial charge in [-0.3, -0.25) is 9.36 Å². The number of allylic oxidation sites excluding steroid dienone is 1. The molecule has 206 valence electrons. The number of aromatic nitrogens is 1. The van der Waals surface area contributed by atoms with Gasteiger partial charge in [-0.2, -0.15) is 0 Å². The second-order valence-electron chi connectivity index (χ2n) is 9.34. The number of carbonyl (C=O) groups excluding carboxylic acids is 1. The normalized spacial score (nSPS) is 15.3. The Morgan fingerprint density at radius 1 is 1.15 bits per heavy atom. The molecule has 0 saturated carbocycles. The lowest BCUT2D eigenvalue weighted by atomic mass is 9.96. The van der Waals surface area contributed by atoms with Gasteiger partial charge in [0.25, 0.3) is 5.56 Å². The predicted octanol–water partition coefficient (Wildman–Crippen LogP) is 6.15. The molecule has 4 aromatic rings. The molecule has 7 nitrogen and oxygen atoms in total. The van der Waals surface area contributed by atoms with Gasteiger partial charge in [0.05, 0.1) is 44.6 Å². The fourth-order valence-electron chi connectivity index (χ4n) is 4.49. The lowest BCUT2D eigenvalue weighted by molar-refractivity contribution is -0.143. The van der Waals surface area contributed by atoms with Gasteiger partial charge in [-0.05, 0) is 69.7 Å². The second-order valence-corrected chi connectivity index (χ2v) is 11.1. The number of ether oxygens (including phenoxy) is 2. The molecule has 1 aliphatic rings. The number of nitrogens with zero attached hydrogens (tertiary/aromatic N) is 2. The molecule has 0 radical (unpaired) electrons. The van der Waals surface area contributed by atoms with Crippen LogP contribution in [0.2, 0.25) is 10.0 Å². The van der Waals surface area contributed by atoms with E-state index in [1.807, 2.05) is 37.3 Å². The first-order valence-electron chi connectivity index (χ1n) is 12.7. The highest BCUT2D eigenvalue weighted by Gasteiger charge is 2.33. The predicted molar refractivity (Wildman–Crippen MR) is 157 cm³/mol. The van der Waals surface area contributed by atoms with E-state index in [0.29, 0.717) is 60.1 Å². The highest BCUT2D eigenvalue weighted by molar-refractivity contribution is 7.07. The van der Waals surface area contributed by atoms with Crippen LogP contribution in [0.15, 0.2) is 80.1 Å². The molecule has 0 spiro atoms. The van der Waals surface area contributed by atoms with Gasteiger partial charge in [-0.15, -0.1) is 0 Å².